The van der Waals surface area contributed by atoms with Crippen molar-refractivity contribution in [1.29, 1.82) is 0 Å². The summed E-state index contributed by atoms with van der Waals surface area (Å²) in [6.07, 6.45) is -9.60. The molecule has 0 aromatic heterocycles. The topological polar surface area (TPSA) is 66.5 Å². The summed E-state index contributed by atoms with van der Waals surface area (Å²) in [4.78, 5) is 11.1. The van der Waals surface area contributed by atoms with Gasteiger partial charge in [-0.25, -0.2) is 12.8 Å². The van der Waals surface area contributed by atoms with Crippen LogP contribution in [0.1, 0.15) is 11.1 Å². The number of hydrogen-bond donors (Lipinski definition) is 1. The molecule has 0 heterocycles. The van der Waals surface area contributed by atoms with Crippen LogP contribution in [-0.4, -0.2) is 37.9 Å². The molecule has 31 heavy (non-hydrogen) atoms. The summed E-state index contributed by atoms with van der Waals surface area (Å²) in [7, 11) is -4.74. The zero-order chi connectivity index (χ0) is 23.4. The van der Waals surface area contributed by atoms with Gasteiger partial charge in [0.2, 0.25) is 15.9 Å². The van der Waals surface area contributed by atoms with Crippen LogP contribution in [0.4, 0.5) is 30.7 Å². The van der Waals surface area contributed by atoms with Crippen molar-refractivity contribution in [2.75, 3.05) is 13.1 Å². The van der Waals surface area contributed by atoms with Crippen LogP contribution < -0.4 is 5.32 Å². The molecule has 0 aliphatic rings. The molecule has 0 atom stereocenters. The third-order valence-corrected chi connectivity index (χ3v) is 5.66. The van der Waals surface area contributed by atoms with Crippen molar-refractivity contribution in [3.8, 4) is 0 Å². The second kappa shape index (κ2) is 9.22. The monoisotopic (exact) mass is 472 g/mol. The molecule has 0 fully saturated rings. The lowest BCUT2D eigenvalue weighted by Crippen LogP contribution is -2.43. The number of sulfonamides is 1. The molecule has 0 bridgehead atoms. The highest BCUT2D eigenvalue weighted by Gasteiger charge is 2.34. The molecule has 2 aromatic carbocycles. The fraction of sp³-hybridized carbons (Fsp3) is 0.278. The molecule has 0 aliphatic carbocycles. The number of carbonyl (C=O) groups excluding carboxylic acids is 1. The number of alkyl halides is 6. The molecule has 170 valence electrons. The predicted octanol–water partition coefficient (Wildman–Crippen LogP) is 3.71. The lowest BCUT2D eigenvalue weighted by Gasteiger charge is -2.22. The Labute approximate surface area is 172 Å². The summed E-state index contributed by atoms with van der Waals surface area (Å²) >= 11 is 0. The average molecular weight is 472 g/mol. The van der Waals surface area contributed by atoms with Crippen LogP contribution in [0.25, 0.3) is 0 Å². The zero-order valence-corrected chi connectivity index (χ0v) is 16.3. The fourth-order valence-electron chi connectivity index (χ4n) is 2.42. The summed E-state index contributed by atoms with van der Waals surface area (Å²) in [5.74, 6) is -1.98. The number of benzene rings is 2. The highest BCUT2D eigenvalue weighted by Crippen LogP contribution is 2.31. The van der Waals surface area contributed by atoms with E-state index >= 15 is 0 Å². The number of carbonyl (C=O) groups is 1. The minimum absolute atomic E-state index is 0.153. The molecular weight excluding hydrogens is 457 g/mol. The molecule has 13 heteroatoms. The predicted molar refractivity (Wildman–Crippen MR) is 94.5 cm³/mol. The summed E-state index contributed by atoms with van der Waals surface area (Å²) in [5, 5.41) is 1.50. The first-order valence-electron chi connectivity index (χ1n) is 8.44. The second-order valence-electron chi connectivity index (χ2n) is 6.32. The molecule has 0 saturated carbocycles. The van der Waals surface area contributed by atoms with Crippen LogP contribution in [0.3, 0.4) is 0 Å². The van der Waals surface area contributed by atoms with E-state index < -0.39 is 64.2 Å². The van der Waals surface area contributed by atoms with Crippen molar-refractivity contribution in [2.45, 2.75) is 23.8 Å². The fourth-order valence-corrected chi connectivity index (χ4v) is 3.85. The van der Waals surface area contributed by atoms with Crippen LogP contribution >= 0.6 is 0 Å². The summed E-state index contributed by atoms with van der Waals surface area (Å²) in [6.45, 7) is -3.43. The van der Waals surface area contributed by atoms with Crippen molar-refractivity contribution in [3.05, 3.63) is 65.5 Å². The largest absolute Gasteiger partial charge is 0.416 e. The number of rotatable bonds is 7. The van der Waals surface area contributed by atoms with Crippen LogP contribution in [0, 0.1) is 5.82 Å². The second-order valence-corrected chi connectivity index (χ2v) is 8.25. The Morgan fingerprint density at radius 3 is 2.13 bits per heavy atom. The standard InChI is InChI=1S/C18H15F7N2O3S/c19-14-6-4-12(5-7-14)9-27(10-16(28)26-11-17(20,21)22)31(29,30)15-3-1-2-13(8-15)18(23,24)25/h1-8H,9-11H2,(H,26,28). The van der Waals surface area contributed by atoms with Crippen molar-refractivity contribution in [2.24, 2.45) is 0 Å². The summed E-state index contributed by atoms with van der Waals surface area (Å²) < 4.78 is 115. The summed E-state index contributed by atoms with van der Waals surface area (Å²) in [5.41, 5.74) is -1.11. The maximum atomic E-state index is 13.1. The van der Waals surface area contributed by atoms with Gasteiger partial charge in [0.15, 0.2) is 0 Å². The number of amides is 1. The van der Waals surface area contributed by atoms with Crippen molar-refractivity contribution in [3.63, 3.8) is 0 Å². The Bertz CT molecular complexity index is 1020. The normalized spacial score (nSPS) is 12.8. The Morgan fingerprint density at radius 2 is 1.58 bits per heavy atom. The third-order valence-electron chi connectivity index (χ3n) is 3.88. The first-order chi connectivity index (χ1) is 14.2. The van der Waals surface area contributed by atoms with E-state index in [1.165, 1.54) is 5.32 Å². The lowest BCUT2D eigenvalue weighted by molar-refractivity contribution is -0.138. The van der Waals surface area contributed by atoms with Crippen LogP contribution in [-0.2, 0) is 27.5 Å². The van der Waals surface area contributed by atoms with Crippen molar-refractivity contribution in [1.82, 2.24) is 9.62 Å². The lowest BCUT2D eigenvalue weighted by atomic mass is 10.2. The first-order valence-corrected chi connectivity index (χ1v) is 9.88. The molecule has 2 aromatic rings. The maximum Gasteiger partial charge on any atom is 0.416 e. The van der Waals surface area contributed by atoms with E-state index in [0.717, 1.165) is 36.4 Å². The number of hydrogen-bond acceptors (Lipinski definition) is 3. The van der Waals surface area contributed by atoms with Gasteiger partial charge in [0.05, 0.1) is 17.0 Å². The Kier molecular flexibility index (Phi) is 7.32. The molecule has 2 rings (SSSR count). The molecule has 0 aliphatic heterocycles. The smallest absolute Gasteiger partial charge is 0.346 e. The molecule has 1 amide bonds. The van der Waals surface area contributed by atoms with Gasteiger partial charge in [-0.2, -0.15) is 30.6 Å². The highest BCUT2D eigenvalue weighted by atomic mass is 32.2. The molecular formula is C18H15F7N2O3S. The van der Waals surface area contributed by atoms with Gasteiger partial charge >= 0.3 is 12.4 Å². The highest BCUT2D eigenvalue weighted by molar-refractivity contribution is 7.89. The third kappa shape index (κ3) is 7.21. The van der Waals surface area contributed by atoms with Crippen molar-refractivity contribution < 1.29 is 43.9 Å². The quantitative estimate of drug-likeness (QED) is 0.625. The van der Waals surface area contributed by atoms with E-state index in [1.54, 1.807) is 0 Å². The minimum Gasteiger partial charge on any atom is -0.346 e. The van der Waals surface area contributed by atoms with Gasteiger partial charge in [0.1, 0.15) is 12.4 Å². The van der Waals surface area contributed by atoms with Gasteiger partial charge in [-0.15, -0.1) is 0 Å². The van der Waals surface area contributed by atoms with Gasteiger partial charge in [-0.3, -0.25) is 4.79 Å². The van der Waals surface area contributed by atoms with Crippen LogP contribution in [0.5, 0.6) is 0 Å². The Morgan fingerprint density at radius 1 is 0.968 bits per heavy atom. The SMILES string of the molecule is O=C(CN(Cc1ccc(F)cc1)S(=O)(=O)c1cccc(C(F)(F)F)c1)NCC(F)(F)F. The van der Waals surface area contributed by atoms with E-state index in [0.29, 0.717) is 16.4 Å². The van der Waals surface area contributed by atoms with E-state index in [1.807, 2.05) is 0 Å². The molecule has 1 N–H and O–H groups in total. The minimum atomic E-state index is -4.85. The van der Waals surface area contributed by atoms with Gasteiger partial charge in [-0.05, 0) is 35.9 Å². The molecule has 0 spiro atoms. The zero-order valence-electron chi connectivity index (χ0n) is 15.5. The van der Waals surface area contributed by atoms with Gasteiger partial charge in [0, 0.05) is 6.54 Å². The van der Waals surface area contributed by atoms with E-state index in [2.05, 4.69) is 0 Å². The van der Waals surface area contributed by atoms with E-state index in [9.17, 15) is 43.9 Å². The Hall–Kier alpha value is -2.67. The van der Waals surface area contributed by atoms with E-state index in [-0.39, 0.29) is 5.56 Å². The van der Waals surface area contributed by atoms with Crippen LogP contribution in [0.2, 0.25) is 0 Å². The number of nitrogens with zero attached hydrogens (tertiary/aromatic N) is 1. The molecule has 0 saturated heterocycles. The molecule has 5 nitrogen and oxygen atoms in total. The summed E-state index contributed by atoms with van der Waals surface area (Å²) in [6, 6.07) is 6.98. The number of nitrogens with one attached hydrogen (secondary N) is 1. The van der Waals surface area contributed by atoms with Crippen molar-refractivity contribution >= 4 is 15.9 Å². The van der Waals surface area contributed by atoms with Crippen LogP contribution in [0.15, 0.2) is 53.4 Å². The molecule has 0 unspecified atom stereocenters. The number of halogens is 7. The molecule has 0 radical (unpaired) electrons. The van der Waals surface area contributed by atoms with Gasteiger partial charge < -0.3 is 5.32 Å². The average Bonchev–Trinajstić information content (AvgIpc) is 2.66. The van der Waals surface area contributed by atoms with Gasteiger partial charge in [0.25, 0.3) is 0 Å². The Balaban J connectivity index is 2.37. The maximum absolute atomic E-state index is 13.1. The first kappa shape index (κ1) is 24.6. The van der Waals surface area contributed by atoms with E-state index in [4.69, 9.17) is 0 Å². The van der Waals surface area contributed by atoms with Gasteiger partial charge in [-0.1, -0.05) is 18.2 Å².